The fraction of sp³-hybridized carbons (Fsp3) is 0.462. The van der Waals surface area contributed by atoms with Crippen LogP contribution in [0.25, 0.3) is 0 Å². The van der Waals surface area contributed by atoms with Crippen molar-refractivity contribution in [2.24, 2.45) is 11.7 Å². The van der Waals surface area contributed by atoms with Crippen LogP contribution in [0, 0.1) is 5.92 Å². The molecular formula is C13H14F3N3OS. The Bertz CT molecular complexity index is 537. The molecule has 1 aromatic rings. The molecule has 0 saturated carbocycles. The van der Waals surface area contributed by atoms with Crippen LogP contribution in [-0.4, -0.2) is 33.9 Å². The number of hydrogen-bond acceptors (Lipinski definition) is 3. The molecule has 0 spiro atoms. The SMILES string of the molecule is NC(=S)C1CCN(C(=O)c2ccc(C(F)(F)F)cn2)CC1. The Morgan fingerprint density at radius 1 is 1.33 bits per heavy atom. The number of nitrogens with two attached hydrogens (primary N) is 1. The lowest BCUT2D eigenvalue weighted by Gasteiger charge is -2.31. The highest BCUT2D eigenvalue weighted by Crippen LogP contribution is 2.28. The summed E-state index contributed by atoms with van der Waals surface area (Å²) in [6.07, 6.45) is -2.44. The Labute approximate surface area is 125 Å². The lowest BCUT2D eigenvalue weighted by molar-refractivity contribution is -0.137. The number of piperidine rings is 1. The first-order valence-corrected chi connectivity index (χ1v) is 6.81. The average molecular weight is 317 g/mol. The van der Waals surface area contributed by atoms with Gasteiger partial charge in [0, 0.05) is 25.2 Å². The van der Waals surface area contributed by atoms with Gasteiger partial charge in [-0.25, -0.2) is 0 Å². The van der Waals surface area contributed by atoms with Crippen LogP contribution in [0.3, 0.4) is 0 Å². The Morgan fingerprint density at radius 3 is 2.38 bits per heavy atom. The van der Waals surface area contributed by atoms with E-state index in [0.29, 0.717) is 37.1 Å². The topological polar surface area (TPSA) is 59.2 Å². The van der Waals surface area contributed by atoms with Gasteiger partial charge in [-0.2, -0.15) is 13.2 Å². The Balaban J connectivity index is 2.03. The van der Waals surface area contributed by atoms with E-state index in [1.54, 1.807) is 4.90 Å². The number of amides is 1. The normalized spacial score (nSPS) is 16.8. The van der Waals surface area contributed by atoms with Crippen molar-refractivity contribution in [3.05, 3.63) is 29.6 Å². The van der Waals surface area contributed by atoms with Crippen molar-refractivity contribution in [2.75, 3.05) is 13.1 Å². The molecule has 0 radical (unpaired) electrons. The predicted octanol–water partition coefficient (Wildman–Crippen LogP) is 2.24. The molecule has 4 nitrogen and oxygen atoms in total. The van der Waals surface area contributed by atoms with E-state index < -0.39 is 11.7 Å². The van der Waals surface area contributed by atoms with Crippen LogP contribution in [0.15, 0.2) is 18.3 Å². The van der Waals surface area contributed by atoms with Gasteiger partial charge in [-0.15, -0.1) is 0 Å². The summed E-state index contributed by atoms with van der Waals surface area (Å²) < 4.78 is 37.3. The number of alkyl halides is 3. The molecule has 0 aromatic carbocycles. The van der Waals surface area contributed by atoms with Crippen LogP contribution in [0.4, 0.5) is 13.2 Å². The van der Waals surface area contributed by atoms with Crippen LogP contribution in [0.2, 0.25) is 0 Å². The van der Waals surface area contributed by atoms with Gasteiger partial charge < -0.3 is 10.6 Å². The average Bonchev–Trinajstić information content (AvgIpc) is 2.46. The molecule has 2 N–H and O–H groups in total. The number of thiocarbonyl (C=S) groups is 1. The van der Waals surface area contributed by atoms with Crippen molar-refractivity contribution in [1.29, 1.82) is 0 Å². The molecule has 1 aliphatic rings. The molecule has 8 heteroatoms. The molecule has 1 fully saturated rings. The summed E-state index contributed by atoms with van der Waals surface area (Å²) in [5, 5.41) is 0. The van der Waals surface area contributed by atoms with Gasteiger partial charge in [-0.1, -0.05) is 12.2 Å². The van der Waals surface area contributed by atoms with Gasteiger partial charge in [0.05, 0.1) is 10.6 Å². The second-order valence-electron chi connectivity index (χ2n) is 4.90. The summed E-state index contributed by atoms with van der Waals surface area (Å²) in [7, 11) is 0. The molecule has 0 atom stereocenters. The minimum absolute atomic E-state index is 0.0109. The zero-order chi connectivity index (χ0) is 15.6. The first kappa shape index (κ1) is 15.7. The first-order chi connectivity index (χ1) is 9.79. The quantitative estimate of drug-likeness (QED) is 0.850. The Kier molecular flexibility index (Phi) is 4.46. The van der Waals surface area contributed by atoms with E-state index >= 15 is 0 Å². The number of rotatable bonds is 2. The molecule has 2 rings (SSSR count). The summed E-state index contributed by atoms with van der Waals surface area (Å²) in [6, 6.07) is 1.97. The van der Waals surface area contributed by atoms with Crippen LogP contribution >= 0.6 is 12.2 Å². The van der Waals surface area contributed by atoms with Crippen LogP contribution in [0.5, 0.6) is 0 Å². The molecule has 1 aromatic heterocycles. The van der Waals surface area contributed by atoms with Gasteiger partial charge in [-0.05, 0) is 25.0 Å². The summed E-state index contributed by atoms with van der Waals surface area (Å²) >= 11 is 4.92. The molecule has 2 heterocycles. The van der Waals surface area contributed by atoms with Gasteiger partial charge in [0.15, 0.2) is 0 Å². The number of likely N-dealkylation sites (tertiary alicyclic amines) is 1. The largest absolute Gasteiger partial charge is 0.417 e. The van der Waals surface area contributed by atoms with Crippen molar-refractivity contribution in [1.82, 2.24) is 9.88 Å². The van der Waals surface area contributed by atoms with Crippen molar-refractivity contribution in [3.8, 4) is 0 Å². The number of aromatic nitrogens is 1. The number of pyridine rings is 1. The fourth-order valence-corrected chi connectivity index (χ4v) is 2.45. The standard InChI is InChI=1S/C13H14F3N3OS/c14-13(15,16)9-1-2-10(18-7-9)12(20)19-5-3-8(4-6-19)11(17)21/h1-2,7-8H,3-6H2,(H2,17,21). The molecular weight excluding hydrogens is 303 g/mol. The number of halogens is 3. The van der Waals surface area contributed by atoms with E-state index in [9.17, 15) is 18.0 Å². The molecule has 0 unspecified atom stereocenters. The zero-order valence-electron chi connectivity index (χ0n) is 11.1. The maximum atomic E-state index is 12.4. The molecule has 21 heavy (non-hydrogen) atoms. The highest BCUT2D eigenvalue weighted by atomic mass is 32.1. The van der Waals surface area contributed by atoms with Gasteiger partial charge >= 0.3 is 6.18 Å². The summed E-state index contributed by atoms with van der Waals surface area (Å²) in [5.74, 6) is -0.255. The monoisotopic (exact) mass is 317 g/mol. The van der Waals surface area contributed by atoms with E-state index in [-0.39, 0.29) is 17.5 Å². The van der Waals surface area contributed by atoms with E-state index in [1.165, 1.54) is 0 Å². The highest BCUT2D eigenvalue weighted by molar-refractivity contribution is 7.80. The first-order valence-electron chi connectivity index (χ1n) is 6.41. The molecule has 0 aliphatic carbocycles. The highest BCUT2D eigenvalue weighted by Gasteiger charge is 2.31. The molecule has 114 valence electrons. The van der Waals surface area contributed by atoms with E-state index in [2.05, 4.69) is 4.98 Å². The van der Waals surface area contributed by atoms with Gasteiger partial charge in [0.2, 0.25) is 0 Å². The van der Waals surface area contributed by atoms with E-state index in [4.69, 9.17) is 18.0 Å². The third-order valence-corrected chi connectivity index (χ3v) is 3.83. The minimum Gasteiger partial charge on any atom is -0.393 e. The smallest absolute Gasteiger partial charge is 0.393 e. The van der Waals surface area contributed by atoms with E-state index in [0.717, 1.165) is 12.1 Å². The van der Waals surface area contributed by atoms with Gasteiger partial charge in [-0.3, -0.25) is 9.78 Å². The second-order valence-corrected chi connectivity index (χ2v) is 5.37. The van der Waals surface area contributed by atoms with Crippen LogP contribution in [0.1, 0.15) is 28.9 Å². The molecule has 1 aliphatic heterocycles. The maximum Gasteiger partial charge on any atom is 0.417 e. The van der Waals surface area contributed by atoms with Crippen molar-refractivity contribution < 1.29 is 18.0 Å². The third kappa shape index (κ3) is 3.69. The summed E-state index contributed by atoms with van der Waals surface area (Å²) in [5.41, 5.74) is 4.71. The maximum absolute atomic E-state index is 12.4. The lowest BCUT2D eigenvalue weighted by Crippen LogP contribution is -2.41. The molecule has 1 amide bonds. The summed E-state index contributed by atoms with van der Waals surface area (Å²) in [6.45, 7) is 0.951. The van der Waals surface area contributed by atoms with Crippen molar-refractivity contribution in [2.45, 2.75) is 19.0 Å². The minimum atomic E-state index is -4.45. The zero-order valence-corrected chi connectivity index (χ0v) is 11.9. The summed E-state index contributed by atoms with van der Waals surface area (Å²) in [4.78, 5) is 17.8. The molecule has 0 bridgehead atoms. The number of hydrogen-bond donors (Lipinski definition) is 1. The number of carbonyl (C=O) groups is 1. The second kappa shape index (κ2) is 5.97. The van der Waals surface area contributed by atoms with E-state index in [1.807, 2.05) is 0 Å². The van der Waals surface area contributed by atoms with Crippen LogP contribution in [-0.2, 0) is 6.18 Å². The third-order valence-electron chi connectivity index (χ3n) is 3.49. The van der Waals surface area contributed by atoms with Gasteiger partial charge in [0.25, 0.3) is 5.91 Å². The van der Waals surface area contributed by atoms with Gasteiger partial charge in [0.1, 0.15) is 5.69 Å². The van der Waals surface area contributed by atoms with Crippen molar-refractivity contribution >= 4 is 23.1 Å². The Hall–Kier alpha value is -1.70. The Morgan fingerprint density at radius 2 is 1.95 bits per heavy atom. The molecule has 1 saturated heterocycles. The predicted molar refractivity (Wildman–Crippen MR) is 74.7 cm³/mol. The fourth-order valence-electron chi connectivity index (χ4n) is 2.22. The number of carbonyl (C=O) groups excluding carboxylic acids is 1. The lowest BCUT2D eigenvalue weighted by atomic mass is 9.97. The number of nitrogens with zero attached hydrogens (tertiary/aromatic N) is 2. The van der Waals surface area contributed by atoms with Crippen molar-refractivity contribution in [3.63, 3.8) is 0 Å². The van der Waals surface area contributed by atoms with Crippen LogP contribution < -0.4 is 5.73 Å².